The summed E-state index contributed by atoms with van der Waals surface area (Å²) in [6.45, 7) is 4.63. The molecule has 107 heavy (non-hydrogen) atoms. The van der Waals surface area contributed by atoms with E-state index in [2.05, 4.69) is 184 Å². The lowest BCUT2D eigenvalue weighted by molar-refractivity contribution is -0.870. The Morgan fingerprint density at radius 3 is 0.794 bits per heavy atom. The largest absolute Gasteiger partial charge is 0.545 e. The molecule has 0 N–H and O–H groups in total. The average Bonchev–Trinajstić information content (AvgIpc) is 0.965. The molecule has 0 rings (SSSR count). The molecule has 9 heteroatoms. The van der Waals surface area contributed by atoms with Crippen LogP contribution < -0.4 is 5.11 Å². The van der Waals surface area contributed by atoms with Crippen molar-refractivity contribution in [3.05, 3.63) is 170 Å². The molecule has 610 valence electrons. The van der Waals surface area contributed by atoms with Crippen LogP contribution in [0.1, 0.15) is 373 Å². The van der Waals surface area contributed by atoms with E-state index in [0.29, 0.717) is 17.4 Å². The molecule has 0 amide bonds. The molecule has 0 heterocycles. The molecule has 2 atom stereocenters. The molecule has 0 aliphatic carbocycles. The molecule has 0 radical (unpaired) electrons. The number of carboxylic acids is 1. The lowest BCUT2D eigenvalue weighted by Gasteiger charge is -2.26. The molecule has 0 aromatic rings. The van der Waals surface area contributed by atoms with Crippen molar-refractivity contribution in [1.29, 1.82) is 0 Å². The highest BCUT2D eigenvalue weighted by Crippen LogP contribution is 2.19. The van der Waals surface area contributed by atoms with Crippen LogP contribution in [-0.4, -0.2) is 82.3 Å². The first-order valence-electron chi connectivity index (χ1n) is 44.3. The molecule has 9 nitrogen and oxygen atoms in total. The molecule has 0 bridgehead atoms. The van der Waals surface area contributed by atoms with Crippen molar-refractivity contribution < 1.29 is 42.9 Å². The number of rotatable bonds is 81. The predicted octanol–water partition coefficient (Wildman–Crippen LogP) is 27.9. The van der Waals surface area contributed by atoms with E-state index in [0.717, 1.165) is 128 Å². The van der Waals surface area contributed by atoms with Crippen LogP contribution in [0.2, 0.25) is 0 Å². The highest BCUT2D eigenvalue weighted by atomic mass is 16.7. The molecule has 0 aliphatic rings. The fourth-order valence-corrected chi connectivity index (χ4v) is 12.3. The third kappa shape index (κ3) is 87.8. The first-order valence-corrected chi connectivity index (χ1v) is 44.3. The normalized spacial score (nSPS) is 13.5. The maximum Gasteiger partial charge on any atom is 0.306 e. The van der Waals surface area contributed by atoms with Gasteiger partial charge in [-0.3, -0.25) is 9.59 Å². The summed E-state index contributed by atoms with van der Waals surface area (Å²) in [6.07, 6.45) is 126. The van der Waals surface area contributed by atoms with Gasteiger partial charge in [-0.05, 0) is 135 Å². The Balaban J connectivity index is 4.04. The van der Waals surface area contributed by atoms with E-state index in [4.69, 9.17) is 18.9 Å². The number of allylic oxidation sites excluding steroid dienone is 28. The van der Waals surface area contributed by atoms with Crippen LogP contribution in [0.3, 0.4) is 0 Å². The van der Waals surface area contributed by atoms with E-state index in [1.54, 1.807) is 0 Å². The van der Waals surface area contributed by atoms with E-state index in [-0.39, 0.29) is 38.6 Å². The lowest BCUT2D eigenvalue weighted by atomic mass is 10.0. The Hall–Kier alpha value is -5.35. The minimum atomic E-state index is -1.63. The molecule has 0 fully saturated rings. The molecule has 0 aliphatic heterocycles. The molecular formula is C98H165NO8. The summed E-state index contributed by atoms with van der Waals surface area (Å²) in [5.41, 5.74) is 0. The van der Waals surface area contributed by atoms with Crippen molar-refractivity contribution in [2.75, 3.05) is 47.5 Å². The molecule has 0 saturated heterocycles. The summed E-state index contributed by atoms with van der Waals surface area (Å²) < 4.78 is 22.9. The standard InChI is InChI=1S/C98H165NO8/c1-6-8-10-12-14-16-18-20-22-24-26-28-30-32-34-36-38-40-42-44-46-48-50-52-54-56-58-60-62-64-66-68-70-72-74-76-78-80-82-84-86-88-95(100)105-92-94(93-106-98(97(102)103)104-91-90-99(3,4)5)107-96(101)89-87-85-83-81-79-77-75-73-71-69-67-65-63-61-59-57-55-53-51-49-47-45-43-41-39-37-35-33-31-29-27-25-23-21-19-17-15-13-11-9-7-2/h9,11,15,17-18,20-21,23-24,26-27,29-30,32-33,35,39,41,45,47,51,53,57,59,63,65,69,71,94,98H,6-8,10,12-14,16,19,22,25,28,31,34,36-38,40,42-44,46,48-50,52,54-56,58,60-62,64,66-68,70,72-93H2,1-5H3/b11-9-,17-15-,20-18-,23-21-,26-24-,29-27-,32-30-,35-33-,41-39-,47-45-,53-51-,59-57-,65-63-,71-69-. The zero-order valence-electron chi connectivity index (χ0n) is 70.0. The van der Waals surface area contributed by atoms with Crippen molar-refractivity contribution in [2.45, 2.75) is 386 Å². The van der Waals surface area contributed by atoms with Crippen LogP contribution in [0.15, 0.2) is 170 Å². The van der Waals surface area contributed by atoms with Gasteiger partial charge in [-0.25, -0.2) is 0 Å². The number of aliphatic carboxylic acids is 1. The Morgan fingerprint density at radius 2 is 0.533 bits per heavy atom. The van der Waals surface area contributed by atoms with Crippen molar-refractivity contribution in [2.24, 2.45) is 0 Å². The zero-order chi connectivity index (χ0) is 77.4. The molecule has 0 aromatic heterocycles. The number of hydrogen-bond acceptors (Lipinski definition) is 8. The number of carbonyl (C=O) groups is 3. The number of hydrogen-bond donors (Lipinski definition) is 0. The van der Waals surface area contributed by atoms with E-state index in [9.17, 15) is 19.5 Å². The van der Waals surface area contributed by atoms with Crippen LogP contribution in [0.25, 0.3) is 0 Å². The van der Waals surface area contributed by atoms with Crippen molar-refractivity contribution in [3.63, 3.8) is 0 Å². The Bertz CT molecular complexity index is 2380. The Kier molecular flexibility index (Phi) is 81.9. The van der Waals surface area contributed by atoms with Gasteiger partial charge < -0.3 is 33.3 Å². The third-order valence-corrected chi connectivity index (χ3v) is 18.9. The topological polar surface area (TPSA) is 111 Å². The molecule has 0 aromatic carbocycles. The van der Waals surface area contributed by atoms with Gasteiger partial charge in [0.2, 0.25) is 0 Å². The van der Waals surface area contributed by atoms with Gasteiger partial charge in [-0.1, -0.05) is 396 Å². The quantitative estimate of drug-likeness (QED) is 0.0195. The number of unbranched alkanes of at least 4 members (excludes halogenated alkanes) is 38. The monoisotopic (exact) mass is 1480 g/mol. The van der Waals surface area contributed by atoms with Gasteiger partial charge in [-0.2, -0.15) is 0 Å². The first kappa shape index (κ1) is 102. The molecule has 0 saturated carbocycles. The van der Waals surface area contributed by atoms with E-state index >= 15 is 0 Å². The number of carboxylic acid groups (broad SMARTS) is 1. The van der Waals surface area contributed by atoms with Crippen LogP contribution in [-0.2, 0) is 33.3 Å². The Morgan fingerprint density at radius 1 is 0.290 bits per heavy atom. The van der Waals surface area contributed by atoms with Crippen molar-refractivity contribution >= 4 is 17.9 Å². The maximum atomic E-state index is 13.0. The summed E-state index contributed by atoms with van der Waals surface area (Å²) in [4.78, 5) is 37.7. The van der Waals surface area contributed by atoms with Crippen molar-refractivity contribution in [3.8, 4) is 0 Å². The van der Waals surface area contributed by atoms with E-state index in [1.165, 1.54) is 212 Å². The highest BCUT2D eigenvalue weighted by Gasteiger charge is 2.22. The lowest BCUT2D eigenvalue weighted by Crippen LogP contribution is -2.44. The highest BCUT2D eigenvalue weighted by molar-refractivity contribution is 5.70. The maximum absolute atomic E-state index is 13.0. The van der Waals surface area contributed by atoms with E-state index < -0.39 is 24.3 Å². The number of quaternary nitrogens is 1. The van der Waals surface area contributed by atoms with Crippen LogP contribution in [0, 0.1) is 0 Å². The van der Waals surface area contributed by atoms with Gasteiger partial charge in [0.25, 0.3) is 0 Å². The number of ether oxygens (including phenoxy) is 4. The SMILES string of the molecule is CC/C=C\C/C=C\C/C=C\C/C=C\C/C=C\C/C=C\C/C=C\C/C=C\C/C=C\C/C=C\C/C=C\CCCCCCCCCC(=O)OC(COC(=O)CCCCCCCCCCCCCCCCCCCCCCCCCCCC/C=C\C/C=C\C/C=C\CCCCCCC)COC(OCC[N+](C)(C)C)C(=O)[O-]. The second kappa shape index (κ2) is 86.2. The van der Waals surface area contributed by atoms with Crippen LogP contribution >= 0.6 is 0 Å². The summed E-state index contributed by atoms with van der Waals surface area (Å²) in [5, 5.41) is 11.9. The van der Waals surface area contributed by atoms with Gasteiger partial charge in [0, 0.05) is 12.8 Å². The summed E-state index contributed by atoms with van der Waals surface area (Å²) >= 11 is 0. The summed E-state index contributed by atoms with van der Waals surface area (Å²) in [6, 6.07) is 0. The Labute approximate surface area is 660 Å². The third-order valence-electron chi connectivity index (χ3n) is 18.9. The molecule has 0 spiro atoms. The summed E-state index contributed by atoms with van der Waals surface area (Å²) in [5.74, 6) is -2.29. The fourth-order valence-electron chi connectivity index (χ4n) is 12.3. The first-order chi connectivity index (χ1) is 52.6. The molecular weight excluding hydrogens is 1320 g/mol. The smallest absolute Gasteiger partial charge is 0.306 e. The minimum absolute atomic E-state index is 0.139. The van der Waals surface area contributed by atoms with Crippen molar-refractivity contribution in [1.82, 2.24) is 0 Å². The number of likely N-dealkylation sites (N-methyl/N-ethyl adjacent to an activating group) is 1. The zero-order valence-corrected chi connectivity index (χ0v) is 70.0. The average molecular weight is 1490 g/mol. The summed E-state index contributed by atoms with van der Waals surface area (Å²) in [7, 11) is 5.93. The van der Waals surface area contributed by atoms with Gasteiger partial charge in [-0.15, -0.1) is 0 Å². The second-order valence-corrected chi connectivity index (χ2v) is 30.4. The van der Waals surface area contributed by atoms with Gasteiger partial charge in [0.1, 0.15) is 13.2 Å². The second-order valence-electron chi connectivity index (χ2n) is 30.4. The van der Waals surface area contributed by atoms with E-state index in [1.807, 2.05) is 21.1 Å². The predicted molar refractivity (Wildman–Crippen MR) is 462 cm³/mol. The van der Waals surface area contributed by atoms with Crippen LogP contribution in [0.4, 0.5) is 0 Å². The van der Waals surface area contributed by atoms with Gasteiger partial charge in [0.15, 0.2) is 12.4 Å². The minimum Gasteiger partial charge on any atom is -0.545 e. The molecule has 2 unspecified atom stereocenters. The van der Waals surface area contributed by atoms with Crippen LogP contribution in [0.5, 0.6) is 0 Å². The number of esters is 2. The van der Waals surface area contributed by atoms with Gasteiger partial charge in [0.05, 0.1) is 40.3 Å². The van der Waals surface area contributed by atoms with Gasteiger partial charge >= 0.3 is 11.9 Å². The fraction of sp³-hybridized carbons (Fsp3) is 0.684. The number of carbonyl (C=O) groups excluding carboxylic acids is 3. The number of nitrogens with zero attached hydrogens (tertiary/aromatic N) is 1.